The van der Waals surface area contributed by atoms with E-state index in [9.17, 15) is 9.90 Å². The average Bonchev–Trinajstić information content (AvgIpc) is 3.04. The third-order valence-corrected chi connectivity index (χ3v) is 5.89. The van der Waals surface area contributed by atoms with E-state index in [1.54, 1.807) is 0 Å². The van der Waals surface area contributed by atoms with Crippen molar-refractivity contribution in [3.05, 3.63) is 35.8 Å². The number of aliphatic hydroxyl groups excluding tert-OH is 1. The van der Waals surface area contributed by atoms with Crippen LogP contribution in [0.3, 0.4) is 0 Å². The summed E-state index contributed by atoms with van der Waals surface area (Å²) in [5.41, 5.74) is 2.15. The number of imidazole rings is 1. The molecule has 1 amide bonds. The zero-order chi connectivity index (χ0) is 17.6. The normalized spacial score (nSPS) is 28.0. The lowest BCUT2D eigenvalue weighted by atomic mass is 9.71. The fraction of sp³-hybridized carbons (Fsp3) is 0.579. The lowest BCUT2D eigenvalue weighted by Gasteiger charge is -2.50. The molecule has 2 fully saturated rings. The third kappa shape index (κ3) is 2.83. The molecule has 2 atom stereocenters. The van der Waals surface area contributed by atoms with Crippen molar-refractivity contribution in [3.63, 3.8) is 0 Å². The number of aromatic nitrogens is 2. The Morgan fingerprint density at radius 3 is 2.96 bits per heavy atom. The summed E-state index contributed by atoms with van der Waals surface area (Å²) in [6.45, 7) is 5.13. The molecule has 4 heterocycles. The molecule has 2 aromatic rings. The van der Waals surface area contributed by atoms with Gasteiger partial charge in [-0.1, -0.05) is 6.07 Å². The Morgan fingerprint density at radius 2 is 2.16 bits per heavy atom. The Kier molecular flexibility index (Phi) is 4.04. The predicted molar refractivity (Wildman–Crippen MR) is 95.6 cm³/mol. The first-order valence-corrected chi connectivity index (χ1v) is 9.09. The Morgan fingerprint density at radius 1 is 1.32 bits per heavy atom. The second-order valence-electron chi connectivity index (χ2n) is 7.76. The van der Waals surface area contributed by atoms with Crippen LogP contribution in [0, 0.1) is 12.3 Å². The van der Waals surface area contributed by atoms with Gasteiger partial charge in [0.15, 0.2) is 0 Å². The van der Waals surface area contributed by atoms with Crippen LogP contribution in [-0.4, -0.2) is 69.5 Å². The van der Waals surface area contributed by atoms with Crippen molar-refractivity contribution in [1.82, 2.24) is 19.2 Å². The maximum Gasteiger partial charge on any atom is 0.274 e. The zero-order valence-corrected chi connectivity index (χ0v) is 15.0. The molecule has 6 heteroatoms. The maximum atomic E-state index is 13.0. The van der Waals surface area contributed by atoms with Gasteiger partial charge >= 0.3 is 0 Å². The van der Waals surface area contributed by atoms with Gasteiger partial charge in [0, 0.05) is 43.5 Å². The SMILES string of the molecule is Cc1cccc2nc(C(=O)N3CCC[C@]4(CN(C)CC[C@@H]4O)C3)cn12. The molecular weight excluding hydrogens is 316 g/mol. The number of hydrogen-bond donors (Lipinski definition) is 1. The highest BCUT2D eigenvalue weighted by Crippen LogP contribution is 2.38. The molecule has 1 spiro atoms. The number of nitrogens with zero attached hydrogens (tertiary/aromatic N) is 4. The van der Waals surface area contributed by atoms with Crippen LogP contribution in [0.2, 0.25) is 0 Å². The molecule has 0 saturated carbocycles. The van der Waals surface area contributed by atoms with Gasteiger partial charge in [0.1, 0.15) is 11.3 Å². The molecule has 0 radical (unpaired) electrons. The molecule has 134 valence electrons. The molecule has 0 unspecified atom stereocenters. The topological polar surface area (TPSA) is 61.1 Å². The van der Waals surface area contributed by atoms with E-state index in [1.165, 1.54) is 0 Å². The van der Waals surface area contributed by atoms with E-state index in [2.05, 4.69) is 16.9 Å². The van der Waals surface area contributed by atoms with E-state index in [0.29, 0.717) is 12.2 Å². The number of fused-ring (bicyclic) bond motifs is 1. The van der Waals surface area contributed by atoms with Crippen LogP contribution >= 0.6 is 0 Å². The standard InChI is InChI=1S/C19H26N4O2/c1-14-5-3-6-17-20-15(11-23(14)17)18(25)22-9-4-8-19(13-22)12-21(2)10-7-16(19)24/h3,5-6,11,16,24H,4,7-10,12-13H2,1-2H3/t16-,19-/m0/s1. The van der Waals surface area contributed by atoms with E-state index in [1.807, 2.05) is 40.6 Å². The molecule has 25 heavy (non-hydrogen) atoms. The summed E-state index contributed by atoms with van der Waals surface area (Å²) in [7, 11) is 2.10. The van der Waals surface area contributed by atoms with Gasteiger partial charge in [-0.25, -0.2) is 4.98 Å². The largest absolute Gasteiger partial charge is 0.392 e. The van der Waals surface area contributed by atoms with Gasteiger partial charge in [0.25, 0.3) is 5.91 Å². The van der Waals surface area contributed by atoms with Crippen LogP contribution < -0.4 is 0 Å². The van der Waals surface area contributed by atoms with Gasteiger partial charge in [0.05, 0.1) is 6.10 Å². The minimum Gasteiger partial charge on any atom is -0.392 e. The summed E-state index contributed by atoms with van der Waals surface area (Å²) in [4.78, 5) is 21.7. The molecule has 1 N–H and O–H groups in total. The zero-order valence-electron chi connectivity index (χ0n) is 15.0. The maximum absolute atomic E-state index is 13.0. The first-order chi connectivity index (χ1) is 12.0. The molecule has 2 aliphatic rings. The second-order valence-corrected chi connectivity index (χ2v) is 7.76. The van der Waals surface area contributed by atoms with Gasteiger partial charge in [-0.05, 0) is 45.4 Å². The van der Waals surface area contributed by atoms with Gasteiger partial charge in [0.2, 0.25) is 0 Å². The number of rotatable bonds is 1. The van der Waals surface area contributed by atoms with Crippen molar-refractivity contribution in [3.8, 4) is 0 Å². The van der Waals surface area contributed by atoms with Crippen LogP contribution in [0.1, 0.15) is 35.4 Å². The van der Waals surface area contributed by atoms with Crippen molar-refractivity contribution in [2.24, 2.45) is 5.41 Å². The highest BCUT2D eigenvalue weighted by atomic mass is 16.3. The van der Waals surface area contributed by atoms with Gasteiger partial charge in [-0.2, -0.15) is 0 Å². The molecule has 2 aromatic heterocycles. The molecule has 0 aromatic carbocycles. The number of pyridine rings is 1. The number of aryl methyl sites for hydroxylation is 1. The van der Waals surface area contributed by atoms with Gasteiger partial charge in [-0.15, -0.1) is 0 Å². The van der Waals surface area contributed by atoms with Crippen LogP contribution in [0.25, 0.3) is 5.65 Å². The molecule has 4 rings (SSSR count). The van der Waals surface area contributed by atoms with Crippen molar-refractivity contribution in [1.29, 1.82) is 0 Å². The number of piperidine rings is 2. The highest BCUT2D eigenvalue weighted by Gasteiger charge is 2.45. The molecular formula is C19H26N4O2. The summed E-state index contributed by atoms with van der Waals surface area (Å²) in [5, 5.41) is 10.6. The summed E-state index contributed by atoms with van der Waals surface area (Å²) in [6.07, 6.45) is 4.20. The molecule has 6 nitrogen and oxygen atoms in total. The van der Waals surface area contributed by atoms with Crippen LogP contribution in [-0.2, 0) is 0 Å². The fourth-order valence-corrected chi connectivity index (χ4v) is 4.52. The number of aliphatic hydroxyl groups is 1. The number of carbonyl (C=O) groups is 1. The first-order valence-electron chi connectivity index (χ1n) is 9.09. The van der Waals surface area contributed by atoms with Crippen molar-refractivity contribution < 1.29 is 9.90 Å². The summed E-state index contributed by atoms with van der Waals surface area (Å²) in [6, 6.07) is 5.88. The summed E-state index contributed by atoms with van der Waals surface area (Å²) >= 11 is 0. The molecule has 2 aliphatic heterocycles. The fourth-order valence-electron chi connectivity index (χ4n) is 4.52. The van der Waals surface area contributed by atoms with Crippen molar-refractivity contribution in [2.45, 2.75) is 32.3 Å². The number of amides is 1. The van der Waals surface area contributed by atoms with Crippen molar-refractivity contribution in [2.75, 3.05) is 33.2 Å². The van der Waals surface area contributed by atoms with Gasteiger partial charge < -0.3 is 19.3 Å². The predicted octanol–water partition coefficient (Wildman–Crippen LogP) is 1.56. The van der Waals surface area contributed by atoms with Crippen LogP contribution in [0.4, 0.5) is 0 Å². The van der Waals surface area contributed by atoms with E-state index in [0.717, 1.165) is 50.2 Å². The Balaban J connectivity index is 1.60. The second kappa shape index (κ2) is 6.11. The first kappa shape index (κ1) is 16.5. The molecule has 2 saturated heterocycles. The monoisotopic (exact) mass is 342 g/mol. The third-order valence-electron chi connectivity index (χ3n) is 5.89. The van der Waals surface area contributed by atoms with E-state index in [4.69, 9.17) is 0 Å². The summed E-state index contributed by atoms with van der Waals surface area (Å²) < 4.78 is 1.95. The van der Waals surface area contributed by atoms with E-state index in [-0.39, 0.29) is 17.4 Å². The number of likely N-dealkylation sites (tertiary alicyclic amines) is 2. The Bertz CT molecular complexity index is 802. The summed E-state index contributed by atoms with van der Waals surface area (Å²) in [5.74, 6) is -0.0254. The smallest absolute Gasteiger partial charge is 0.274 e. The quantitative estimate of drug-likeness (QED) is 0.854. The minimum atomic E-state index is -0.331. The molecule has 0 aliphatic carbocycles. The van der Waals surface area contributed by atoms with E-state index < -0.39 is 0 Å². The van der Waals surface area contributed by atoms with E-state index >= 15 is 0 Å². The van der Waals surface area contributed by atoms with Crippen LogP contribution in [0.15, 0.2) is 24.4 Å². The Labute approximate surface area is 148 Å². The lowest BCUT2D eigenvalue weighted by Crippen LogP contribution is -2.59. The molecule has 0 bridgehead atoms. The number of carbonyl (C=O) groups excluding carboxylic acids is 1. The highest BCUT2D eigenvalue weighted by molar-refractivity contribution is 5.93. The Hall–Kier alpha value is -1.92. The average molecular weight is 342 g/mol. The number of hydrogen-bond acceptors (Lipinski definition) is 4. The van der Waals surface area contributed by atoms with Crippen molar-refractivity contribution >= 4 is 11.6 Å². The van der Waals surface area contributed by atoms with Gasteiger partial charge in [-0.3, -0.25) is 4.79 Å². The lowest BCUT2D eigenvalue weighted by molar-refractivity contribution is -0.0731. The van der Waals surface area contributed by atoms with Crippen LogP contribution in [0.5, 0.6) is 0 Å². The minimum absolute atomic E-state index is 0.0254.